The zero-order valence-corrected chi connectivity index (χ0v) is 43.4. The van der Waals surface area contributed by atoms with Crippen molar-refractivity contribution in [3.05, 3.63) is 47.6 Å². The van der Waals surface area contributed by atoms with E-state index in [-0.39, 0.29) is 79.4 Å². The second-order valence-electron chi connectivity index (χ2n) is 20.2. The smallest absolute Gasteiger partial charge is 0.329 e. The van der Waals surface area contributed by atoms with Crippen LogP contribution < -0.4 is 0 Å². The number of hydrogen-bond acceptors (Lipinski definition) is 12. The van der Waals surface area contributed by atoms with Gasteiger partial charge in [-0.3, -0.25) is 19.2 Å². The molecule has 1 amide bonds. The summed E-state index contributed by atoms with van der Waals surface area (Å²) in [5.41, 5.74) is -0.546. The molecule has 2 aliphatic carbocycles. The van der Waals surface area contributed by atoms with Crippen molar-refractivity contribution in [1.29, 1.82) is 0 Å². The summed E-state index contributed by atoms with van der Waals surface area (Å²) in [5, 5.41) is 23.6. The Kier molecular flexibility index (Phi) is 22.4. The number of hydrogen-bond donors (Lipinski definition) is 2. The van der Waals surface area contributed by atoms with Crippen molar-refractivity contribution in [3.63, 3.8) is 0 Å². The standard InChI is InChI=1S/C52H80INO12/c1-31-16-12-11-13-17-32(2)43(62-8)28-39-20-19-37(7)52(61,30-39)49(58)50(59)54-23-15-14-18-40(54)51(60)65-44(34(4)26-38-21-22-42(66-53)45(27-38)63-9)29-41(55)33(3)25-36(6)47(57)48(64-10)46(56)35(5)24-31/h11-13,16-17,25,31,33-35,37-40,42-45,47-48,57,61H,14-15,18-24,26-30H2,1-10H3/b13-11?,16-12+,32-17?,36-25+/t31-,33-,34-,35-,37-,38+,39?,40?,42-,43+,44+,45-,47-,48+,52+/m1/s1. The number of ketones is 3. The molecule has 2 N–H and O–H groups in total. The molecule has 0 aromatic heterocycles. The summed E-state index contributed by atoms with van der Waals surface area (Å²) in [4.78, 5) is 72.3. The molecule has 0 aromatic carbocycles. The Morgan fingerprint density at radius 2 is 1.59 bits per heavy atom. The number of carbonyl (C=O) groups excluding carboxylic acids is 5. The number of methoxy groups -OCH3 is 3. The van der Waals surface area contributed by atoms with Gasteiger partial charge in [0.05, 0.1) is 18.3 Å². The van der Waals surface area contributed by atoms with Gasteiger partial charge in [-0.15, -0.1) is 0 Å². The second kappa shape index (κ2) is 26.4. The maximum atomic E-state index is 14.4. The molecule has 2 heterocycles. The van der Waals surface area contributed by atoms with Crippen molar-refractivity contribution >= 4 is 52.2 Å². The van der Waals surface area contributed by atoms with Gasteiger partial charge in [0.1, 0.15) is 58.7 Å². The van der Waals surface area contributed by atoms with E-state index in [4.69, 9.17) is 22.0 Å². The number of piperidine rings is 1. The lowest BCUT2D eigenvalue weighted by molar-refractivity contribution is -0.171. The van der Waals surface area contributed by atoms with Gasteiger partial charge in [-0.05, 0) is 132 Å². The Balaban J connectivity index is 1.70. The summed E-state index contributed by atoms with van der Waals surface area (Å²) in [6.45, 7) is 13.1. The molecule has 3 fully saturated rings. The number of cyclic esters (lactones) is 1. The topological polar surface area (TPSA) is 175 Å². The summed E-state index contributed by atoms with van der Waals surface area (Å²) in [6, 6.07) is -1.07. The molecule has 66 heavy (non-hydrogen) atoms. The highest BCUT2D eigenvalue weighted by Crippen LogP contribution is 2.42. The lowest BCUT2D eigenvalue weighted by atomic mass is 9.67. The molecule has 0 aromatic rings. The first kappa shape index (κ1) is 56.0. The monoisotopic (exact) mass is 1040 g/mol. The molecule has 15 atom stereocenters. The van der Waals surface area contributed by atoms with Crippen molar-refractivity contribution in [2.24, 2.45) is 41.4 Å². The maximum absolute atomic E-state index is 14.4. The number of esters is 1. The number of aliphatic hydroxyl groups excluding tert-OH is 1. The zero-order valence-electron chi connectivity index (χ0n) is 41.2. The van der Waals surface area contributed by atoms with Crippen LogP contribution in [0.5, 0.6) is 0 Å². The van der Waals surface area contributed by atoms with Crippen LogP contribution in [0.15, 0.2) is 47.6 Å². The van der Waals surface area contributed by atoms with Crippen LogP contribution in [0.1, 0.15) is 132 Å². The molecule has 2 bridgehead atoms. The second-order valence-corrected chi connectivity index (χ2v) is 20.7. The summed E-state index contributed by atoms with van der Waals surface area (Å²) in [6.07, 6.45) is 14.5. The Hall–Kier alpha value is -2.60. The molecule has 2 saturated carbocycles. The predicted molar refractivity (Wildman–Crippen MR) is 261 cm³/mol. The van der Waals surface area contributed by atoms with Gasteiger partial charge in [0.25, 0.3) is 11.7 Å². The van der Waals surface area contributed by atoms with Gasteiger partial charge in [-0.2, -0.15) is 0 Å². The van der Waals surface area contributed by atoms with E-state index in [0.29, 0.717) is 44.1 Å². The first-order valence-electron chi connectivity index (χ1n) is 24.4. The SMILES string of the molecule is CO[C@H]1CC2CC[C@@H](C)[C@@](O)(C2)C(=O)C(=O)N2CCCCC2C(=O)O[C@H]([C@H](C)C[C@@H]2CC[C@@H](OI)[C@H](OC)C2)CC(=O)[C@H](C)/C=C(\C)[C@@H](O)[C@@H](OC)C(=O)[C@H](C)C[C@H](C)/C=C/C=CC=C1C. The molecule has 14 heteroatoms. The number of carbonyl (C=O) groups is 5. The minimum Gasteiger partial charge on any atom is -0.460 e. The van der Waals surface area contributed by atoms with Crippen molar-refractivity contribution in [2.45, 2.75) is 180 Å². The fourth-order valence-corrected chi connectivity index (χ4v) is 11.4. The normalized spacial score (nSPS) is 38.7. The summed E-state index contributed by atoms with van der Waals surface area (Å²) >= 11 is 1.92. The van der Waals surface area contributed by atoms with Gasteiger partial charge >= 0.3 is 5.97 Å². The molecule has 13 nitrogen and oxygen atoms in total. The van der Waals surface area contributed by atoms with Crippen molar-refractivity contribution in [2.75, 3.05) is 27.9 Å². The third-order valence-electron chi connectivity index (χ3n) is 15.2. The van der Waals surface area contributed by atoms with Gasteiger partial charge < -0.3 is 37.1 Å². The average molecular weight is 1040 g/mol. The molecular weight excluding hydrogens is 957 g/mol. The number of fused-ring (bicyclic) bond motifs is 3. The quantitative estimate of drug-likeness (QED) is 0.108. The highest BCUT2D eigenvalue weighted by atomic mass is 127. The predicted octanol–water partition coefficient (Wildman–Crippen LogP) is 8.22. The highest BCUT2D eigenvalue weighted by Gasteiger charge is 2.51. The number of halogens is 1. The van der Waals surface area contributed by atoms with Crippen LogP contribution in [0.2, 0.25) is 0 Å². The lowest BCUT2D eigenvalue weighted by Gasteiger charge is -2.43. The summed E-state index contributed by atoms with van der Waals surface area (Å²) in [7, 11) is 4.70. The largest absolute Gasteiger partial charge is 0.460 e. The number of amides is 1. The average Bonchev–Trinajstić information content (AvgIpc) is 3.30. The van der Waals surface area contributed by atoms with E-state index in [1.165, 1.54) is 12.0 Å². The molecular formula is C52H80INO12. The Morgan fingerprint density at radius 1 is 0.864 bits per heavy atom. The van der Waals surface area contributed by atoms with E-state index in [1.54, 1.807) is 41.1 Å². The van der Waals surface area contributed by atoms with Crippen LogP contribution in [0.3, 0.4) is 0 Å². The van der Waals surface area contributed by atoms with Crippen LogP contribution in [0.4, 0.5) is 0 Å². The number of aliphatic hydroxyl groups is 2. The van der Waals surface area contributed by atoms with Gasteiger partial charge in [0, 0.05) is 46.1 Å². The first-order chi connectivity index (χ1) is 31.3. The molecule has 0 radical (unpaired) electrons. The van der Waals surface area contributed by atoms with Crippen molar-refractivity contribution in [1.82, 2.24) is 4.90 Å². The first-order valence-corrected chi connectivity index (χ1v) is 25.3. The number of ether oxygens (including phenoxy) is 4. The minimum atomic E-state index is -1.92. The lowest BCUT2D eigenvalue weighted by Crippen LogP contribution is -2.59. The molecule has 372 valence electrons. The van der Waals surface area contributed by atoms with Crippen molar-refractivity contribution in [3.8, 4) is 0 Å². The van der Waals surface area contributed by atoms with Crippen LogP contribution in [0, 0.1) is 41.4 Å². The van der Waals surface area contributed by atoms with E-state index < -0.39 is 65.4 Å². The number of allylic oxidation sites excluding steroid dienone is 6. The van der Waals surface area contributed by atoms with E-state index in [0.717, 1.165) is 31.3 Å². The summed E-state index contributed by atoms with van der Waals surface area (Å²) in [5.74, 6) is -4.70. The van der Waals surface area contributed by atoms with Gasteiger partial charge in [0.2, 0.25) is 0 Å². The van der Waals surface area contributed by atoms with Crippen molar-refractivity contribution < 1.29 is 56.2 Å². The molecule has 2 aliphatic heterocycles. The van der Waals surface area contributed by atoms with E-state index in [1.807, 2.05) is 81.1 Å². The third kappa shape index (κ3) is 14.7. The molecule has 4 rings (SSSR count). The van der Waals surface area contributed by atoms with Crippen LogP contribution in [-0.2, 0) is 46.0 Å². The molecule has 1 saturated heterocycles. The van der Waals surface area contributed by atoms with E-state index in [2.05, 4.69) is 0 Å². The third-order valence-corrected chi connectivity index (χ3v) is 15.8. The number of nitrogens with zero attached hydrogens (tertiary/aromatic N) is 1. The number of rotatable bonds is 7. The van der Waals surface area contributed by atoms with Crippen LogP contribution >= 0.6 is 23.0 Å². The minimum absolute atomic E-state index is 0.0377. The highest BCUT2D eigenvalue weighted by molar-refractivity contribution is 14.1. The van der Waals surface area contributed by atoms with E-state index >= 15 is 0 Å². The fraction of sp³-hybridized carbons (Fsp3) is 0.750. The summed E-state index contributed by atoms with van der Waals surface area (Å²) < 4.78 is 29.3. The van der Waals surface area contributed by atoms with Crippen LogP contribution in [0.25, 0.3) is 0 Å². The van der Waals surface area contributed by atoms with Gasteiger partial charge in [-0.1, -0.05) is 71.1 Å². The molecule has 2 unspecified atom stereocenters. The maximum Gasteiger partial charge on any atom is 0.329 e. The van der Waals surface area contributed by atoms with Gasteiger partial charge in [-0.25, -0.2) is 4.79 Å². The Labute approximate surface area is 408 Å². The molecule has 4 aliphatic rings. The molecule has 0 spiro atoms. The fourth-order valence-electron chi connectivity index (χ4n) is 10.8. The zero-order chi connectivity index (χ0) is 48.9. The Morgan fingerprint density at radius 3 is 2.26 bits per heavy atom. The van der Waals surface area contributed by atoms with E-state index in [9.17, 15) is 34.2 Å². The number of Topliss-reactive ketones (excluding diaryl/α,β-unsaturated/α-hetero) is 3. The van der Waals surface area contributed by atoms with Crippen LogP contribution in [-0.4, -0.2) is 120 Å². The van der Waals surface area contributed by atoms with Gasteiger partial charge in [0.15, 0.2) is 5.78 Å². The Bertz CT molecular complexity index is 1780.